The topological polar surface area (TPSA) is 111 Å². The first-order valence-corrected chi connectivity index (χ1v) is 19.2. The quantitative estimate of drug-likeness (QED) is 0.0458. The van der Waals surface area contributed by atoms with Crippen LogP contribution in [0.15, 0.2) is 119 Å². The molecule has 53 heavy (non-hydrogen) atoms. The minimum atomic E-state index is -1.02. The summed E-state index contributed by atoms with van der Waals surface area (Å²) >= 11 is 2.73. The zero-order valence-corrected chi connectivity index (χ0v) is 30.7. The molecule has 0 bridgehead atoms. The zero-order valence-electron chi connectivity index (χ0n) is 29.0. The van der Waals surface area contributed by atoms with Crippen molar-refractivity contribution in [1.29, 1.82) is 0 Å². The Bertz CT molecular complexity index is 2370. The number of nitrogens with zero attached hydrogens (tertiary/aromatic N) is 3. The van der Waals surface area contributed by atoms with Crippen LogP contribution in [-0.2, 0) is 28.4 Å². The van der Waals surface area contributed by atoms with E-state index in [1.54, 1.807) is 30.3 Å². The Morgan fingerprint density at radius 1 is 0.925 bits per heavy atom. The molecule has 0 aliphatic carbocycles. The molecule has 0 radical (unpaired) electrons. The van der Waals surface area contributed by atoms with E-state index in [-0.39, 0.29) is 22.6 Å². The van der Waals surface area contributed by atoms with E-state index >= 15 is 0 Å². The number of carbonyl (C=O) groups is 2. The van der Waals surface area contributed by atoms with E-state index in [1.807, 2.05) is 68.4 Å². The molecule has 0 unspecified atom stereocenters. The van der Waals surface area contributed by atoms with Gasteiger partial charge in [0.05, 0.1) is 18.2 Å². The minimum absolute atomic E-state index is 0.00216. The minimum Gasteiger partial charge on any atom is -0.507 e. The molecule has 1 fully saturated rings. The van der Waals surface area contributed by atoms with Gasteiger partial charge in [0.2, 0.25) is 5.13 Å². The van der Waals surface area contributed by atoms with Crippen LogP contribution in [0.25, 0.3) is 16.5 Å². The number of hydrogen-bond acceptors (Lipinski definition) is 10. The van der Waals surface area contributed by atoms with Crippen molar-refractivity contribution in [3.63, 3.8) is 0 Å². The smallest absolute Gasteiger partial charge is 0.301 e. The van der Waals surface area contributed by atoms with Gasteiger partial charge in [0, 0.05) is 17.7 Å². The van der Waals surface area contributed by atoms with E-state index in [2.05, 4.69) is 34.5 Å². The predicted molar refractivity (Wildman–Crippen MR) is 207 cm³/mol. The van der Waals surface area contributed by atoms with Crippen LogP contribution in [0.3, 0.4) is 0 Å². The number of ether oxygens (including phenoxy) is 3. The van der Waals surface area contributed by atoms with Crippen molar-refractivity contribution in [3.8, 4) is 17.2 Å². The average molecular weight is 742 g/mol. The SMILES string of the molecule is CCOc1cc([C@H]2/C(=C(\O)c3ccc4c(c3)C[C@H](C)O4)C(=O)C(=O)N2c2nnc(SCc3cccc4ccccc34)s2)ccc1OCc1ccccc1. The van der Waals surface area contributed by atoms with Crippen molar-refractivity contribution < 1.29 is 28.9 Å². The maximum Gasteiger partial charge on any atom is 0.301 e. The summed E-state index contributed by atoms with van der Waals surface area (Å²) in [5, 5.41) is 23.3. The Balaban J connectivity index is 1.17. The first kappa shape index (κ1) is 34.4. The highest BCUT2D eigenvalue weighted by Gasteiger charge is 2.48. The Morgan fingerprint density at radius 3 is 2.58 bits per heavy atom. The standard InChI is InChI=1S/C42H35N3O6S2/c1-3-49-35-22-28(16-19-34(35)50-23-26-10-5-4-6-11-26)37-36(38(46)29-17-18-33-31(21-29)20-25(2)51-33)39(47)40(48)45(37)41-43-44-42(53-41)52-24-30-14-9-13-27-12-7-8-15-32(27)30/h4-19,21-22,25,37,46H,3,20,23-24H2,1-2H3/b38-36+/t25-,37-/m0/s1. The van der Waals surface area contributed by atoms with Crippen molar-refractivity contribution in [1.82, 2.24) is 10.2 Å². The van der Waals surface area contributed by atoms with Gasteiger partial charge in [-0.3, -0.25) is 14.5 Å². The van der Waals surface area contributed by atoms with Gasteiger partial charge in [0.25, 0.3) is 5.78 Å². The van der Waals surface area contributed by atoms with Crippen LogP contribution in [-0.4, -0.2) is 39.7 Å². The van der Waals surface area contributed by atoms with Crippen LogP contribution in [0.4, 0.5) is 5.13 Å². The number of carbonyl (C=O) groups excluding carboxylic acids is 2. The van der Waals surface area contributed by atoms with Crippen LogP contribution in [0.2, 0.25) is 0 Å². The van der Waals surface area contributed by atoms with Gasteiger partial charge in [0.1, 0.15) is 24.2 Å². The first-order valence-electron chi connectivity index (χ1n) is 17.3. The van der Waals surface area contributed by atoms with Crippen LogP contribution in [0, 0.1) is 0 Å². The largest absolute Gasteiger partial charge is 0.507 e. The van der Waals surface area contributed by atoms with Crippen molar-refractivity contribution in [2.24, 2.45) is 0 Å². The number of amides is 1. The molecule has 2 aliphatic rings. The number of hydrogen-bond donors (Lipinski definition) is 1. The molecule has 2 aliphatic heterocycles. The number of rotatable bonds is 11. The summed E-state index contributed by atoms with van der Waals surface area (Å²) in [4.78, 5) is 29.4. The van der Waals surface area contributed by atoms with Gasteiger partial charge in [-0.25, -0.2) is 0 Å². The number of fused-ring (bicyclic) bond motifs is 2. The fourth-order valence-corrected chi connectivity index (χ4v) is 8.68. The normalized spacial score (nSPS) is 17.6. The van der Waals surface area contributed by atoms with E-state index < -0.39 is 17.7 Å². The van der Waals surface area contributed by atoms with Crippen molar-refractivity contribution in [3.05, 3.63) is 143 Å². The van der Waals surface area contributed by atoms with E-state index in [1.165, 1.54) is 28.0 Å². The van der Waals surface area contributed by atoms with Crippen LogP contribution >= 0.6 is 23.1 Å². The van der Waals surface area contributed by atoms with Gasteiger partial charge in [0.15, 0.2) is 15.8 Å². The maximum atomic E-state index is 14.0. The number of aromatic nitrogens is 2. The molecule has 1 N–H and O–H groups in total. The molecule has 2 atom stereocenters. The van der Waals surface area contributed by atoms with Gasteiger partial charge >= 0.3 is 5.91 Å². The summed E-state index contributed by atoms with van der Waals surface area (Å²) < 4.78 is 18.7. The van der Waals surface area contributed by atoms with E-state index in [0.29, 0.717) is 52.4 Å². The molecule has 1 aromatic heterocycles. The van der Waals surface area contributed by atoms with E-state index in [9.17, 15) is 14.7 Å². The van der Waals surface area contributed by atoms with Crippen LogP contribution < -0.4 is 19.1 Å². The highest BCUT2D eigenvalue weighted by atomic mass is 32.2. The second-order valence-corrected chi connectivity index (χ2v) is 15.0. The molecular weight excluding hydrogens is 707 g/mol. The molecule has 1 amide bonds. The monoisotopic (exact) mass is 741 g/mol. The molecule has 3 heterocycles. The number of benzene rings is 5. The third kappa shape index (κ3) is 6.85. The van der Waals surface area contributed by atoms with Crippen LogP contribution in [0.5, 0.6) is 17.2 Å². The Morgan fingerprint density at radius 2 is 1.74 bits per heavy atom. The Hall–Kier alpha value is -5.65. The Kier molecular flexibility index (Phi) is 9.59. The van der Waals surface area contributed by atoms with Crippen LogP contribution in [0.1, 0.15) is 47.7 Å². The van der Waals surface area contributed by atoms with E-state index in [0.717, 1.165) is 33.2 Å². The van der Waals surface area contributed by atoms with Gasteiger partial charge < -0.3 is 19.3 Å². The van der Waals surface area contributed by atoms with Crippen molar-refractivity contribution in [2.75, 3.05) is 11.5 Å². The molecule has 11 heteroatoms. The highest BCUT2D eigenvalue weighted by Crippen LogP contribution is 2.46. The third-order valence-corrected chi connectivity index (χ3v) is 11.4. The average Bonchev–Trinajstić information content (AvgIpc) is 3.88. The van der Waals surface area contributed by atoms with Gasteiger partial charge in [-0.2, -0.15) is 0 Å². The van der Waals surface area contributed by atoms with Gasteiger partial charge in [-0.05, 0) is 77.2 Å². The van der Waals surface area contributed by atoms with Crippen molar-refractivity contribution in [2.45, 2.75) is 49.1 Å². The molecule has 9 nitrogen and oxygen atoms in total. The predicted octanol–water partition coefficient (Wildman–Crippen LogP) is 8.91. The lowest BCUT2D eigenvalue weighted by Gasteiger charge is -2.24. The summed E-state index contributed by atoms with van der Waals surface area (Å²) in [6.07, 6.45) is 0.665. The molecule has 6 aromatic rings. The molecule has 0 spiro atoms. The lowest BCUT2D eigenvalue weighted by Crippen LogP contribution is -2.29. The number of Topliss-reactive ketones (excluding diaryl/α,β-unsaturated/α-hetero) is 1. The first-order chi connectivity index (χ1) is 25.9. The summed E-state index contributed by atoms with van der Waals surface area (Å²) in [6, 6.07) is 33.8. The molecule has 266 valence electrons. The molecular formula is C42H35N3O6S2. The van der Waals surface area contributed by atoms with Gasteiger partial charge in [-0.1, -0.05) is 102 Å². The second kappa shape index (κ2) is 14.8. The molecule has 5 aromatic carbocycles. The lowest BCUT2D eigenvalue weighted by molar-refractivity contribution is -0.132. The number of thioether (sulfide) groups is 1. The highest BCUT2D eigenvalue weighted by molar-refractivity contribution is 8.00. The fourth-order valence-electron chi connectivity index (χ4n) is 6.80. The summed E-state index contributed by atoms with van der Waals surface area (Å²) in [6.45, 7) is 4.53. The third-order valence-electron chi connectivity index (χ3n) is 9.27. The zero-order chi connectivity index (χ0) is 36.5. The summed E-state index contributed by atoms with van der Waals surface area (Å²) in [5.74, 6) is 0.419. The molecule has 1 saturated heterocycles. The lowest BCUT2D eigenvalue weighted by atomic mass is 9.94. The molecule has 8 rings (SSSR count). The molecule has 0 saturated carbocycles. The number of ketones is 1. The fraction of sp³-hybridized carbons (Fsp3) is 0.190. The van der Waals surface area contributed by atoms with Crippen molar-refractivity contribution >= 4 is 56.5 Å². The number of aliphatic hydroxyl groups is 1. The number of anilines is 1. The number of aliphatic hydroxyl groups excluding tert-OH is 1. The van der Waals surface area contributed by atoms with Gasteiger partial charge in [-0.15, -0.1) is 10.2 Å². The maximum absolute atomic E-state index is 14.0. The Labute approximate surface area is 314 Å². The second-order valence-electron chi connectivity index (χ2n) is 12.8. The van der Waals surface area contributed by atoms with E-state index in [4.69, 9.17) is 14.2 Å². The summed E-state index contributed by atoms with van der Waals surface area (Å²) in [7, 11) is 0. The summed E-state index contributed by atoms with van der Waals surface area (Å²) in [5.41, 5.74) is 3.97.